The Bertz CT molecular complexity index is 908. The fourth-order valence-electron chi connectivity index (χ4n) is 2.48. The van der Waals surface area contributed by atoms with Crippen LogP contribution in [0.4, 0.5) is 18.9 Å². The minimum Gasteiger partial charge on any atom is -0.372 e. The molecule has 1 amide bonds. The van der Waals surface area contributed by atoms with Gasteiger partial charge < -0.3 is 4.90 Å². The molecule has 0 saturated heterocycles. The third-order valence-electron chi connectivity index (χ3n) is 4.05. The second kappa shape index (κ2) is 8.61. The molecule has 0 saturated carbocycles. The van der Waals surface area contributed by atoms with E-state index in [4.69, 9.17) is 0 Å². The lowest BCUT2D eigenvalue weighted by Gasteiger charge is -2.21. The van der Waals surface area contributed by atoms with E-state index < -0.39 is 32.6 Å². The molecule has 28 heavy (non-hydrogen) atoms. The number of carbonyl (C=O) groups excluding carboxylic acids is 1. The van der Waals surface area contributed by atoms with Crippen molar-refractivity contribution in [3.05, 3.63) is 59.7 Å². The van der Waals surface area contributed by atoms with Crippen molar-refractivity contribution in [1.82, 2.24) is 10.3 Å². The number of hydrogen-bond donors (Lipinski definition) is 2. The number of nitrogens with zero attached hydrogens (tertiary/aromatic N) is 1. The van der Waals surface area contributed by atoms with E-state index in [-0.39, 0.29) is 5.56 Å². The number of carbonyl (C=O) groups is 1. The molecule has 0 aromatic heterocycles. The molecule has 0 radical (unpaired) electrons. The van der Waals surface area contributed by atoms with Gasteiger partial charge in [-0.25, -0.2) is 8.42 Å². The Hall–Kier alpha value is -2.59. The van der Waals surface area contributed by atoms with Crippen molar-refractivity contribution in [2.45, 2.75) is 24.9 Å². The van der Waals surface area contributed by atoms with Crippen LogP contribution in [-0.2, 0) is 16.2 Å². The lowest BCUT2D eigenvalue weighted by Crippen LogP contribution is -2.41. The number of hydrazine groups is 1. The highest BCUT2D eigenvalue weighted by molar-refractivity contribution is 7.89. The predicted octanol–water partition coefficient (Wildman–Crippen LogP) is 3.17. The molecule has 0 aliphatic heterocycles. The zero-order valence-electron chi connectivity index (χ0n) is 15.2. The van der Waals surface area contributed by atoms with Gasteiger partial charge in [0.2, 0.25) is 0 Å². The lowest BCUT2D eigenvalue weighted by molar-refractivity contribution is -0.137. The van der Waals surface area contributed by atoms with Crippen LogP contribution in [0.3, 0.4) is 0 Å². The predicted molar refractivity (Wildman–Crippen MR) is 99.2 cm³/mol. The van der Waals surface area contributed by atoms with Gasteiger partial charge in [0.15, 0.2) is 0 Å². The van der Waals surface area contributed by atoms with Crippen LogP contribution in [0, 0.1) is 0 Å². The summed E-state index contributed by atoms with van der Waals surface area (Å²) in [5.74, 6) is -0.693. The first kappa shape index (κ1) is 21.7. The number of nitrogens with one attached hydrogen (secondary N) is 2. The summed E-state index contributed by atoms with van der Waals surface area (Å²) in [7, 11) is -4.21. The summed E-state index contributed by atoms with van der Waals surface area (Å²) in [4.78, 5) is 15.7. The average molecular weight is 415 g/mol. The summed E-state index contributed by atoms with van der Waals surface area (Å²) in [5, 5.41) is 0. The summed E-state index contributed by atoms with van der Waals surface area (Å²) in [6.07, 6.45) is -4.57. The van der Waals surface area contributed by atoms with Crippen molar-refractivity contribution in [3.8, 4) is 0 Å². The summed E-state index contributed by atoms with van der Waals surface area (Å²) in [6, 6.07) is 9.53. The van der Waals surface area contributed by atoms with Crippen LogP contribution in [0.2, 0.25) is 0 Å². The quantitative estimate of drug-likeness (QED) is 0.681. The molecule has 0 unspecified atom stereocenters. The Morgan fingerprint density at radius 3 is 1.96 bits per heavy atom. The minimum atomic E-state index is -4.57. The molecule has 0 bridgehead atoms. The number of halogens is 3. The van der Waals surface area contributed by atoms with E-state index in [1.54, 1.807) is 24.3 Å². The van der Waals surface area contributed by atoms with Crippen LogP contribution >= 0.6 is 0 Å². The standard InChI is InChI=1S/C18H20F3N3O3S/c1-3-24(4-2)15-9-5-13(6-10-15)17(25)22-23-28(26,27)16-11-7-14(8-12-16)18(19,20)21/h5-12,23H,3-4H2,1-2H3,(H,22,25). The molecule has 0 fully saturated rings. The first-order valence-electron chi connectivity index (χ1n) is 8.43. The van der Waals surface area contributed by atoms with Crippen molar-refractivity contribution >= 4 is 21.6 Å². The van der Waals surface area contributed by atoms with Crippen molar-refractivity contribution in [2.75, 3.05) is 18.0 Å². The van der Waals surface area contributed by atoms with E-state index in [9.17, 15) is 26.4 Å². The molecule has 0 aliphatic carbocycles. The van der Waals surface area contributed by atoms with Crippen molar-refractivity contribution in [3.63, 3.8) is 0 Å². The SMILES string of the molecule is CCN(CC)c1ccc(C(=O)NNS(=O)(=O)c2ccc(C(F)(F)F)cc2)cc1. The second-order valence-corrected chi connectivity index (χ2v) is 7.48. The summed E-state index contributed by atoms with van der Waals surface area (Å²) < 4.78 is 61.9. The molecule has 0 heterocycles. The normalized spacial score (nSPS) is 11.9. The van der Waals surface area contributed by atoms with Crippen LogP contribution in [0.1, 0.15) is 29.8 Å². The van der Waals surface area contributed by atoms with Crippen molar-refractivity contribution < 1.29 is 26.4 Å². The smallest absolute Gasteiger partial charge is 0.372 e. The maximum atomic E-state index is 12.6. The van der Waals surface area contributed by atoms with Gasteiger partial charge in [0.25, 0.3) is 15.9 Å². The van der Waals surface area contributed by atoms with Gasteiger partial charge in [-0.2, -0.15) is 13.2 Å². The van der Waals surface area contributed by atoms with Gasteiger partial charge in [-0.1, -0.05) is 0 Å². The zero-order chi connectivity index (χ0) is 20.9. The van der Waals surface area contributed by atoms with Gasteiger partial charge in [0.1, 0.15) is 0 Å². The molecule has 2 N–H and O–H groups in total. The molecule has 152 valence electrons. The molecule has 2 aromatic carbocycles. The van der Waals surface area contributed by atoms with Crippen molar-refractivity contribution in [2.24, 2.45) is 0 Å². The highest BCUT2D eigenvalue weighted by Crippen LogP contribution is 2.29. The van der Waals surface area contributed by atoms with Gasteiger partial charge in [-0.15, -0.1) is 4.83 Å². The van der Waals surface area contributed by atoms with Crippen LogP contribution < -0.4 is 15.2 Å². The maximum Gasteiger partial charge on any atom is 0.416 e. The molecule has 10 heteroatoms. The molecule has 0 atom stereocenters. The number of alkyl halides is 3. The summed E-state index contributed by atoms with van der Waals surface area (Å²) in [6.45, 7) is 5.60. The second-order valence-electron chi connectivity index (χ2n) is 5.80. The topological polar surface area (TPSA) is 78.5 Å². The van der Waals surface area contributed by atoms with Crippen LogP contribution in [0.5, 0.6) is 0 Å². The fraction of sp³-hybridized carbons (Fsp3) is 0.278. The zero-order valence-corrected chi connectivity index (χ0v) is 16.1. The number of benzene rings is 2. The van der Waals surface area contributed by atoms with E-state index in [0.29, 0.717) is 12.1 Å². The molecule has 6 nitrogen and oxygen atoms in total. The summed E-state index contributed by atoms with van der Waals surface area (Å²) >= 11 is 0. The average Bonchev–Trinajstić information content (AvgIpc) is 2.67. The highest BCUT2D eigenvalue weighted by atomic mass is 32.2. The number of hydrogen-bond acceptors (Lipinski definition) is 4. The number of sulfonamides is 1. The Morgan fingerprint density at radius 1 is 0.964 bits per heavy atom. The molecule has 0 spiro atoms. The van der Waals surface area contributed by atoms with Gasteiger partial charge in [0.05, 0.1) is 10.5 Å². The van der Waals surface area contributed by atoms with Crippen LogP contribution in [0.25, 0.3) is 0 Å². The number of rotatable bonds is 7. The molecular formula is C18H20F3N3O3S. The van der Waals surface area contributed by atoms with Gasteiger partial charge in [-0.3, -0.25) is 10.2 Å². The van der Waals surface area contributed by atoms with Crippen LogP contribution in [-0.4, -0.2) is 27.4 Å². The van der Waals surface area contributed by atoms with Gasteiger partial charge >= 0.3 is 6.18 Å². The summed E-state index contributed by atoms with van der Waals surface area (Å²) in [5.41, 5.74) is 2.23. The van der Waals surface area contributed by atoms with Crippen molar-refractivity contribution in [1.29, 1.82) is 0 Å². The van der Waals surface area contributed by atoms with Gasteiger partial charge in [-0.05, 0) is 62.4 Å². The Kier molecular flexibility index (Phi) is 6.68. The first-order chi connectivity index (χ1) is 13.1. The lowest BCUT2D eigenvalue weighted by atomic mass is 10.2. The van der Waals surface area contributed by atoms with Crippen LogP contribution in [0.15, 0.2) is 53.4 Å². The Morgan fingerprint density at radius 2 is 1.50 bits per heavy atom. The van der Waals surface area contributed by atoms with E-state index in [0.717, 1.165) is 30.9 Å². The van der Waals surface area contributed by atoms with E-state index in [2.05, 4.69) is 4.90 Å². The van der Waals surface area contributed by atoms with Gasteiger partial charge in [0, 0.05) is 24.3 Å². The number of amides is 1. The van der Waals surface area contributed by atoms with E-state index in [1.165, 1.54) is 0 Å². The Labute approximate surface area is 161 Å². The Balaban J connectivity index is 2.05. The number of anilines is 1. The molecule has 2 rings (SSSR count). The van der Waals surface area contributed by atoms with E-state index in [1.807, 2.05) is 24.1 Å². The third kappa shape index (κ3) is 5.23. The minimum absolute atomic E-state index is 0.228. The molecular weight excluding hydrogens is 395 g/mol. The fourth-order valence-corrected chi connectivity index (χ4v) is 3.32. The molecule has 0 aliphatic rings. The third-order valence-corrected chi connectivity index (χ3v) is 5.31. The largest absolute Gasteiger partial charge is 0.416 e. The highest BCUT2D eigenvalue weighted by Gasteiger charge is 2.30. The monoisotopic (exact) mass is 415 g/mol. The van der Waals surface area contributed by atoms with E-state index >= 15 is 0 Å². The molecule has 2 aromatic rings. The maximum absolute atomic E-state index is 12.6. The first-order valence-corrected chi connectivity index (χ1v) is 9.91.